The summed E-state index contributed by atoms with van der Waals surface area (Å²) in [7, 11) is 2.56. The molecule has 0 spiro atoms. The molecule has 3 aromatic rings. The third-order valence-electron chi connectivity index (χ3n) is 6.76. The van der Waals surface area contributed by atoms with Crippen LogP contribution < -0.4 is 9.84 Å². The number of methoxy groups -OCH3 is 2. The van der Waals surface area contributed by atoms with Crippen molar-refractivity contribution in [2.24, 2.45) is 0 Å². The Morgan fingerprint density at radius 2 is 1.81 bits per heavy atom. The van der Waals surface area contributed by atoms with E-state index in [0.717, 1.165) is 11.0 Å². The molecule has 0 amide bonds. The van der Waals surface area contributed by atoms with Crippen LogP contribution >= 0.6 is 0 Å². The maximum atomic E-state index is 14.9. The first-order valence-electron chi connectivity index (χ1n) is 11.5. The maximum absolute atomic E-state index is 14.9. The van der Waals surface area contributed by atoms with E-state index in [-0.39, 0.29) is 28.8 Å². The van der Waals surface area contributed by atoms with Gasteiger partial charge in [-0.1, -0.05) is 18.6 Å². The predicted molar refractivity (Wildman–Crippen MR) is 124 cm³/mol. The number of aromatic nitrogens is 1. The highest BCUT2D eigenvalue weighted by molar-refractivity contribution is 5.94. The molecule has 10 heteroatoms. The van der Waals surface area contributed by atoms with Gasteiger partial charge in [0.05, 0.1) is 25.3 Å². The fourth-order valence-electron chi connectivity index (χ4n) is 5.23. The average molecular weight is 503 g/mol. The van der Waals surface area contributed by atoms with Crippen LogP contribution in [-0.2, 0) is 4.74 Å². The molecule has 4 rings (SSSR count). The summed E-state index contributed by atoms with van der Waals surface area (Å²) in [5.74, 6) is -0.497. The van der Waals surface area contributed by atoms with Crippen LogP contribution in [0.2, 0.25) is 0 Å². The van der Waals surface area contributed by atoms with Gasteiger partial charge in [-0.15, -0.1) is 0 Å². The van der Waals surface area contributed by atoms with Crippen molar-refractivity contribution in [2.75, 3.05) is 20.8 Å². The lowest BCUT2D eigenvalue weighted by molar-refractivity contribution is -0.249. The Kier molecular flexibility index (Phi) is 6.99. The Hall–Kier alpha value is -3.53. The topological polar surface area (TPSA) is 83.8 Å². The summed E-state index contributed by atoms with van der Waals surface area (Å²) in [6, 6.07) is 6.54. The second-order valence-corrected chi connectivity index (χ2v) is 8.83. The molecule has 1 saturated heterocycles. The Balaban J connectivity index is 1.89. The van der Waals surface area contributed by atoms with Crippen molar-refractivity contribution < 1.29 is 37.3 Å². The molecule has 0 radical (unpaired) electrons. The summed E-state index contributed by atoms with van der Waals surface area (Å²) >= 11 is 0. The number of halogens is 3. The van der Waals surface area contributed by atoms with Gasteiger partial charge in [0.1, 0.15) is 17.9 Å². The van der Waals surface area contributed by atoms with Gasteiger partial charge in [-0.3, -0.25) is 4.90 Å². The molecule has 2 aromatic carbocycles. The SMILES string of the molecule is COC(=O)c1ccc([C@@H]2CCCCN2C(c2c(OC)cc(C)c3c2ccn3C(=O)[O-])C(F)(F)F)cc1. The highest BCUT2D eigenvalue weighted by Gasteiger charge is 2.49. The number of carbonyl (C=O) groups is 2. The summed E-state index contributed by atoms with van der Waals surface area (Å²) in [6.45, 7) is 1.79. The zero-order valence-electron chi connectivity index (χ0n) is 20.1. The minimum absolute atomic E-state index is 0.0313. The Bertz CT molecular complexity index is 1280. The number of carboxylic acid groups (broad SMARTS) is 1. The van der Waals surface area contributed by atoms with Gasteiger partial charge in [-0.2, -0.15) is 13.2 Å². The minimum Gasteiger partial charge on any atom is -0.529 e. The van der Waals surface area contributed by atoms with Gasteiger partial charge in [-0.25, -0.2) is 4.79 Å². The van der Waals surface area contributed by atoms with Crippen molar-refractivity contribution >= 4 is 23.0 Å². The molecule has 0 bridgehead atoms. The van der Waals surface area contributed by atoms with Gasteiger partial charge in [0.2, 0.25) is 0 Å². The molecule has 1 aliphatic rings. The number of likely N-dealkylation sites (tertiary alicyclic amines) is 1. The number of alkyl halides is 3. The monoisotopic (exact) mass is 503 g/mol. The number of rotatable bonds is 5. The van der Waals surface area contributed by atoms with Gasteiger partial charge < -0.3 is 23.9 Å². The highest BCUT2D eigenvalue weighted by Crippen LogP contribution is 2.50. The van der Waals surface area contributed by atoms with E-state index in [1.54, 1.807) is 31.2 Å². The number of hydrogen-bond acceptors (Lipinski definition) is 6. The number of hydrogen-bond donors (Lipinski definition) is 0. The number of nitrogens with zero attached hydrogens (tertiary/aromatic N) is 2. The van der Waals surface area contributed by atoms with Gasteiger partial charge in [-0.05, 0) is 61.7 Å². The number of esters is 1. The quantitative estimate of drug-likeness (QED) is 0.467. The van der Waals surface area contributed by atoms with Crippen molar-refractivity contribution in [1.29, 1.82) is 0 Å². The Morgan fingerprint density at radius 3 is 2.39 bits per heavy atom. The third kappa shape index (κ3) is 4.53. The molecular formula is C26H26F3N2O5-. The molecule has 2 heterocycles. The van der Waals surface area contributed by atoms with Gasteiger partial charge >= 0.3 is 12.1 Å². The Morgan fingerprint density at radius 1 is 1.11 bits per heavy atom. The van der Waals surface area contributed by atoms with Gasteiger partial charge in [0, 0.05) is 23.2 Å². The van der Waals surface area contributed by atoms with Gasteiger partial charge in [0.15, 0.2) is 0 Å². The van der Waals surface area contributed by atoms with E-state index in [0.29, 0.717) is 29.5 Å². The molecule has 36 heavy (non-hydrogen) atoms. The van der Waals surface area contributed by atoms with Gasteiger partial charge in [0.25, 0.3) is 0 Å². The Labute approximate surface area is 206 Å². The number of ether oxygens (including phenoxy) is 2. The van der Waals surface area contributed by atoms with Crippen molar-refractivity contribution in [1.82, 2.24) is 9.47 Å². The van der Waals surface area contributed by atoms with Crippen LogP contribution in [0.3, 0.4) is 0 Å². The first-order chi connectivity index (χ1) is 17.1. The van der Waals surface area contributed by atoms with E-state index in [9.17, 15) is 27.9 Å². The largest absolute Gasteiger partial charge is 0.529 e. The minimum atomic E-state index is -4.69. The first-order valence-corrected chi connectivity index (χ1v) is 11.5. The predicted octanol–water partition coefficient (Wildman–Crippen LogP) is 4.77. The molecule has 7 nitrogen and oxygen atoms in total. The second kappa shape index (κ2) is 9.85. The number of piperidine rings is 1. The molecule has 1 aliphatic heterocycles. The molecule has 1 fully saturated rings. The van der Waals surface area contributed by atoms with Crippen LogP contribution in [0.25, 0.3) is 10.9 Å². The zero-order chi connectivity index (χ0) is 26.2. The molecule has 2 atom stereocenters. The highest BCUT2D eigenvalue weighted by atomic mass is 19.4. The lowest BCUT2D eigenvalue weighted by Gasteiger charge is -2.43. The summed E-state index contributed by atoms with van der Waals surface area (Å²) in [6.07, 6.45) is -3.23. The fraction of sp³-hybridized carbons (Fsp3) is 0.385. The summed E-state index contributed by atoms with van der Waals surface area (Å²) in [5, 5.41) is 11.8. The van der Waals surface area contributed by atoms with Crippen molar-refractivity contribution in [3.05, 3.63) is 64.8 Å². The fourth-order valence-corrected chi connectivity index (χ4v) is 5.23. The normalized spacial score (nSPS) is 17.7. The third-order valence-corrected chi connectivity index (χ3v) is 6.76. The van der Waals surface area contributed by atoms with Crippen LogP contribution in [0, 0.1) is 6.92 Å². The average Bonchev–Trinajstić information content (AvgIpc) is 3.31. The molecule has 192 valence electrons. The number of fused-ring (bicyclic) bond motifs is 1. The van der Waals surface area contributed by atoms with Crippen LogP contribution in [0.1, 0.15) is 58.4 Å². The molecule has 1 aromatic heterocycles. The van der Waals surface area contributed by atoms with Crippen LogP contribution in [0.5, 0.6) is 5.75 Å². The van der Waals surface area contributed by atoms with E-state index >= 15 is 0 Å². The van der Waals surface area contributed by atoms with Crippen LogP contribution in [0.15, 0.2) is 42.6 Å². The molecule has 1 unspecified atom stereocenters. The number of carbonyl (C=O) groups excluding carboxylic acids is 2. The van der Waals surface area contributed by atoms with Crippen LogP contribution in [-0.4, -0.2) is 48.5 Å². The smallest absolute Gasteiger partial charge is 0.408 e. The van der Waals surface area contributed by atoms with E-state index in [1.807, 2.05) is 0 Å². The van der Waals surface area contributed by atoms with Crippen LogP contribution in [0.4, 0.5) is 18.0 Å². The molecule has 0 N–H and O–H groups in total. The lowest BCUT2D eigenvalue weighted by atomic mass is 9.89. The first kappa shape index (κ1) is 25.6. The van der Waals surface area contributed by atoms with E-state index in [1.165, 1.54) is 37.4 Å². The van der Waals surface area contributed by atoms with Crippen molar-refractivity contribution in [2.45, 2.75) is 44.4 Å². The van der Waals surface area contributed by atoms with E-state index in [2.05, 4.69) is 0 Å². The second-order valence-electron chi connectivity index (χ2n) is 8.83. The lowest BCUT2D eigenvalue weighted by Crippen LogP contribution is -2.43. The summed E-state index contributed by atoms with van der Waals surface area (Å²) in [5.41, 5.74) is 1.40. The summed E-state index contributed by atoms with van der Waals surface area (Å²) < 4.78 is 55.7. The van der Waals surface area contributed by atoms with Crippen molar-refractivity contribution in [3.63, 3.8) is 0 Å². The molecule has 0 aliphatic carbocycles. The number of benzene rings is 2. The van der Waals surface area contributed by atoms with E-state index < -0.39 is 30.3 Å². The summed E-state index contributed by atoms with van der Waals surface area (Å²) in [4.78, 5) is 24.9. The maximum Gasteiger partial charge on any atom is 0.408 e. The molecular weight excluding hydrogens is 477 g/mol. The zero-order valence-corrected chi connectivity index (χ0v) is 20.1. The standard InChI is InChI=1S/C26H27F3N2O5/c1-15-14-20(35-2)21(18-11-13-31(22(15)18)25(33)34)23(26(27,28)29)30-12-5-4-6-19(30)16-7-9-17(10-8-16)24(32)36-3/h7-11,13-14,19,23H,4-6,12H2,1-3H3,(H,33,34)/p-1/t19-,23?/m0/s1. The molecule has 0 saturated carbocycles. The van der Waals surface area contributed by atoms with Crippen molar-refractivity contribution in [3.8, 4) is 5.75 Å². The van der Waals surface area contributed by atoms with E-state index in [4.69, 9.17) is 9.47 Å². The number of aryl methyl sites for hydroxylation is 1.